The van der Waals surface area contributed by atoms with Gasteiger partial charge in [0.15, 0.2) is 0 Å². The van der Waals surface area contributed by atoms with Crippen LogP contribution in [-0.2, 0) is 0 Å². The maximum absolute atomic E-state index is 4.52. The standard InChI is InChI=1S/C12H9N5/c1-16-14-12-13-9-6-2-4-8-5-3-7-10(11(8)9)17(12)15-16/h2-7H,1H3. The van der Waals surface area contributed by atoms with E-state index in [1.807, 2.05) is 24.3 Å². The molecular formula is C12H9N5. The molecule has 17 heavy (non-hydrogen) atoms. The summed E-state index contributed by atoms with van der Waals surface area (Å²) in [5.41, 5.74) is 6.23. The Morgan fingerprint density at radius 2 is 2.00 bits per heavy atom. The van der Waals surface area contributed by atoms with Crippen molar-refractivity contribution >= 4 is 28.1 Å². The van der Waals surface area contributed by atoms with E-state index in [1.165, 1.54) is 10.2 Å². The highest BCUT2D eigenvalue weighted by molar-refractivity contribution is 6.17. The van der Waals surface area contributed by atoms with Crippen LogP contribution in [0.5, 0.6) is 0 Å². The van der Waals surface area contributed by atoms with E-state index in [1.54, 1.807) is 12.1 Å². The zero-order chi connectivity index (χ0) is 11.4. The van der Waals surface area contributed by atoms with Crippen molar-refractivity contribution in [2.45, 2.75) is 0 Å². The Labute approximate surface area is 97.6 Å². The molecule has 0 fully saturated rings. The minimum atomic E-state index is 0.624. The number of guanidine groups is 1. The summed E-state index contributed by atoms with van der Waals surface area (Å²) >= 11 is 0. The molecule has 2 aromatic carbocycles. The Morgan fingerprint density at radius 3 is 2.88 bits per heavy atom. The third kappa shape index (κ3) is 1.05. The second-order valence-corrected chi connectivity index (χ2v) is 4.05. The minimum absolute atomic E-state index is 0.624. The molecule has 0 N–H and O–H groups in total. The van der Waals surface area contributed by atoms with Crippen molar-refractivity contribution in [2.75, 3.05) is 12.1 Å². The lowest BCUT2D eigenvalue weighted by molar-refractivity contribution is -0.503. The van der Waals surface area contributed by atoms with Crippen molar-refractivity contribution < 1.29 is 4.81 Å². The van der Waals surface area contributed by atoms with E-state index in [-0.39, 0.29) is 0 Å². The Morgan fingerprint density at radius 1 is 1.18 bits per heavy atom. The highest BCUT2D eigenvalue weighted by Crippen LogP contribution is 2.40. The van der Waals surface area contributed by atoms with E-state index in [4.69, 9.17) is 0 Å². The van der Waals surface area contributed by atoms with Crippen LogP contribution in [0.2, 0.25) is 0 Å². The molecule has 5 nitrogen and oxygen atoms in total. The van der Waals surface area contributed by atoms with Gasteiger partial charge in [-0.1, -0.05) is 24.3 Å². The molecule has 0 saturated carbocycles. The Balaban J connectivity index is 2.13. The topological polar surface area (TPSA) is 45.1 Å². The molecule has 5 heteroatoms. The number of rotatable bonds is 0. The van der Waals surface area contributed by atoms with Crippen LogP contribution in [0.15, 0.2) is 46.6 Å². The van der Waals surface area contributed by atoms with Gasteiger partial charge in [0.25, 0.3) is 0 Å². The highest BCUT2D eigenvalue weighted by atomic mass is 15.8. The molecule has 0 aliphatic carbocycles. The number of anilines is 1. The van der Waals surface area contributed by atoms with Crippen LogP contribution >= 0.6 is 0 Å². The third-order valence-corrected chi connectivity index (χ3v) is 2.95. The van der Waals surface area contributed by atoms with Gasteiger partial charge >= 0.3 is 0 Å². The van der Waals surface area contributed by atoms with Crippen LogP contribution in [-0.4, -0.2) is 17.8 Å². The first-order chi connectivity index (χ1) is 8.33. The van der Waals surface area contributed by atoms with Gasteiger partial charge in [0, 0.05) is 16.8 Å². The highest BCUT2D eigenvalue weighted by Gasteiger charge is 2.21. The number of nitrogens with zero attached hydrogens (tertiary/aromatic N) is 5. The molecule has 82 valence electrons. The first kappa shape index (κ1) is 8.69. The summed E-state index contributed by atoms with van der Waals surface area (Å²) in [7, 11) is 1.80. The molecule has 0 amide bonds. The SMILES string of the molecule is C[N+]1=NN2C(=Nc3cccc4cccc2c34)[N-]1. The number of hydrogen-bond donors (Lipinski definition) is 0. The van der Waals surface area contributed by atoms with Gasteiger partial charge in [0.1, 0.15) is 13.0 Å². The summed E-state index contributed by atoms with van der Waals surface area (Å²) in [4.78, 5) is 6.05. The number of fused-ring (bicyclic) bond motifs is 2. The second kappa shape index (κ2) is 2.82. The van der Waals surface area contributed by atoms with E-state index < -0.39 is 0 Å². The summed E-state index contributed by atoms with van der Waals surface area (Å²) in [5.74, 6) is 0.624. The van der Waals surface area contributed by atoms with Gasteiger partial charge < -0.3 is 4.99 Å². The second-order valence-electron chi connectivity index (χ2n) is 4.05. The lowest BCUT2D eigenvalue weighted by Crippen LogP contribution is -2.21. The molecule has 0 atom stereocenters. The predicted octanol–water partition coefficient (Wildman–Crippen LogP) is 2.96. The molecule has 2 heterocycles. The summed E-state index contributed by atoms with van der Waals surface area (Å²) < 4.78 is 0. The van der Waals surface area contributed by atoms with Crippen LogP contribution in [0.25, 0.3) is 16.2 Å². The monoisotopic (exact) mass is 223 g/mol. The molecule has 2 aliphatic heterocycles. The molecule has 0 spiro atoms. The van der Waals surface area contributed by atoms with E-state index in [9.17, 15) is 0 Å². The average Bonchev–Trinajstić information content (AvgIpc) is 2.70. The van der Waals surface area contributed by atoms with Gasteiger partial charge in [-0.25, -0.2) is 0 Å². The minimum Gasteiger partial charge on any atom is -0.318 e. The van der Waals surface area contributed by atoms with Crippen molar-refractivity contribution in [3.63, 3.8) is 0 Å². The Kier molecular flexibility index (Phi) is 1.44. The lowest BCUT2D eigenvalue weighted by atomic mass is 10.1. The van der Waals surface area contributed by atoms with Gasteiger partial charge in [-0.05, 0) is 17.5 Å². The lowest BCUT2D eigenvalue weighted by Gasteiger charge is -2.26. The molecule has 0 saturated heterocycles. The smallest absolute Gasteiger partial charge is 0.128 e. The van der Waals surface area contributed by atoms with E-state index in [2.05, 4.69) is 27.8 Å². The van der Waals surface area contributed by atoms with Crippen molar-refractivity contribution in [1.82, 2.24) is 0 Å². The third-order valence-electron chi connectivity index (χ3n) is 2.95. The fraction of sp³-hybridized carbons (Fsp3) is 0.0833. The molecule has 0 unspecified atom stereocenters. The van der Waals surface area contributed by atoms with Gasteiger partial charge in [-0.2, -0.15) is 10.2 Å². The van der Waals surface area contributed by atoms with Gasteiger partial charge in [-0.3, -0.25) is 5.01 Å². The molecule has 4 rings (SSSR count). The number of aliphatic imine (C=N–C) groups is 1. The van der Waals surface area contributed by atoms with E-state index in [0.717, 1.165) is 16.8 Å². The van der Waals surface area contributed by atoms with Crippen LogP contribution in [0.4, 0.5) is 11.4 Å². The summed E-state index contributed by atoms with van der Waals surface area (Å²) in [6.45, 7) is 0. The van der Waals surface area contributed by atoms with E-state index in [0.29, 0.717) is 5.96 Å². The fourth-order valence-corrected chi connectivity index (χ4v) is 2.27. The average molecular weight is 223 g/mol. The molecule has 0 bridgehead atoms. The largest absolute Gasteiger partial charge is 0.318 e. The predicted molar refractivity (Wildman–Crippen MR) is 65.5 cm³/mol. The number of hydrogen-bond acceptors (Lipinski definition) is 3. The quantitative estimate of drug-likeness (QED) is 0.633. The Hall–Kier alpha value is -2.43. The van der Waals surface area contributed by atoms with Crippen LogP contribution in [0.1, 0.15) is 0 Å². The van der Waals surface area contributed by atoms with Crippen molar-refractivity contribution in [2.24, 2.45) is 10.2 Å². The van der Waals surface area contributed by atoms with Crippen molar-refractivity contribution in [3.05, 3.63) is 41.8 Å². The molecular weight excluding hydrogens is 214 g/mol. The zero-order valence-electron chi connectivity index (χ0n) is 9.20. The summed E-state index contributed by atoms with van der Waals surface area (Å²) in [6, 6.07) is 12.2. The van der Waals surface area contributed by atoms with Crippen LogP contribution in [0, 0.1) is 0 Å². The van der Waals surface area contributed by atoms with Gasteiger partial charge in [0.05, 0.1) is 0 Å². The maximum Gasteiger partial charge on any atom is 0.128 e. The summed E-state index contributed by atoms with van der Waals surface area (Å²) in [6.07, 6.45) is 0. The molecule has 0 aromatic heterocycles. The van der Waals surface area contributed by atoms with Crippen LogP contribution < -0.4 is 5.01 Å². The fourth-order valence-electron chi connectivity index (χ4n) is 2.27. The van der Waals surface area contributed by atoms with Crippen molar-refractivity contribution in [3.8, 4) is 0 Å². The van der Waals surface area contributed by atoms with Crippen LogP contribution in [0.3, 0.4) is 0 Å². The Bertz CT molecular complexity index is 696. The normalized spacial score (nSPS) is 16.4. The van der Waals surface area contributed by atoms with Gasteiger partial charge in [-0.15, -0.1) is 5.22 Å². The first-order valence-corrected chi connectivity index (χ1v) is 5.40. The van der Waals surface area contributed by atoms with Gasteiger partial charge in [0.2, 0.25) is 0 Å². The maximum atomic E-state index is 4.52. The van der Waals surface area contributed by atoms with Crippen molar-refractivity contribution in [1.29, 1.82) is 0 Å². The number of benzene rings is 2. The first-order valence-electron chi connectivity index (χ1n) is 5.40. The summed E-state index contributed by atoms with van der Waals surface area (Å²) in [5, 5.41) is 8.38. The molecule has 0 radical (unpaired) electrons. The zero-order valence-corrected chi connectivity index (χ0v) is 9.20. The van der Waals surface area contributed by atoms with E-state index >= 15 is 0 Å². The molecule has 2 aliphatic rings. The molecule has 2 aromatic rings.